The van der Waals surface area contributed by atoms with E-state index in [1.807, 2.05) is 11.0 Å². The molecule has 3 aliphatic rings. The van der Waals surface area contributed by atoms with Crippen molar-refractivity contribution in [3.8, 4) is 0 Å². The zero-order chi connectivity index (χ0) is 26.2. The summed E-state index contributed by atoms with van der Waals surface area (Å²) in [5.41, 5.74) is 7.64. The minimum Gasteiger partial charge on any atom is -0.337 e. The van der Waals surface area contributed by atoms with Gasteiger partial charge in [0.25, 0.3) is 0 Å². The number of piperidine rings is 1. The highest BCUT2D eigenvalue weighted by Gasteiger charge is 2.45. The van der Waals surface area contributed by atoms with E-state index in [2.05, 4.69) is 29.2 Å². The molecule has 37 heavy (non-hydrogen) atoms. The number of halogens is 2. The van der Waals surface area contributed by atoms with Crippen molar-refractivity contribution in [2.45, 2.75) is 67.6 Å². The number of carbonyl (C=O) groups is 1. The number of hydrogen-bond acceptors (Lipinski definition) is 5. The molecule has 0 aliphatic carbocycles. The lowest BCUT2D eigenvalue weighted by Crippen LogP contribution is -2.54. The highest BCUT2D eigenvalue weighted by Crippen LogP contribution is 2.33. The second-order valence-corrected chi connectivity index (χ2v) is 13.2. The van der Waals surface area contributed by atoms with Crippen LogP contribution in [0.1, 0.15) is 37.7 Å². The third kappa shape index (κ3) is 5.70. The van der Waals surface area contributed by atoms with Gasteiger partial charge >= 0.3 is 0 Å². The first-order valence-electron chi connectivity index (χ1n) is 13.0. The van der Waals surface area contributed by atoms with Gasteiger partial charge in [0.2, 0.25) is 15.9 Å². The van der Waals surface area contributed by atoms with Crippen LogP contribution in [0.2, 0.25) is 10.0 Å². The van der Waals surface area contributed by atoms with Gasteiger partial charge in [0.05, 0.1) is 21.0 Å². The van der Waals surface area contributed by atoms with Crippen molar-refractivity contribution in [3.05, 3.63) is 64.1 Å². The molecule has 1 amide bonds. The average Bonchev–Trinajstić information content (AvgIpc) is 3.24. The monoisotopic (exact) mass is 564 g/mol. The van der Waals surface area contributed by atoms with Gasteiger partial charge in [-0.1, -0.05) is 53.5 Å². The Morgan fingerprint density at radius 2 is 1.76 bits per heavy atom. The van der Waals surface area contributed by atoms with Gasteiger partial charge in [-0.05, 0) is 62.3 Å². The minimum absolute atomic E-state index is 0.0222. The Hall–Kier alpha value is -1.68. The fraction of sp³-hybridized carbons (Fsp3) is 0.519. The van der Waals surface area contributed by atoms with Crippen LogP contribution in [-0.2, 0) is 21.2 Å². The predicted octanol–water partition coefficient (Wildman–Crippen LogP) is 3.78. The molecular weight excluding hydrogens is 531 g/mol. The number of benzene rings is 2. The molecule has 2 aromatic rings. The normalized spacial score (nSPS) is 27.8. The lowest BCUT2D eigenvalue weighted by Gasteiger charge is -2.39. The molecule has 2 aromatic carbocycles. The van der Waals surface area contributed by atoms with Crippen molar-refractivity contribution in [1.82, 2.24) is 14.1 Å². The molecule has 1 unspecified atom stereocenters. The maximum Gasteiger partial charge on any atom is 0.243 e. The average molecular weight is 566 g/mol. The molecule has 0 radical (unpaired) electrons. The van der Waals surface area contributed by atoms with Crippen LogP contribution in [0.4, 0.5) is 0 Å². The molecule has 200 valence electrons. The fourth-order valence-corrected chi connectivity index (χ4v) is 8.03. The van der Waals surface area contributed by atoms with E-state index in [0.29, 0.717) is 31.0 Å². The number of sulfonamides is 1. The topological polar surface area (TPSA) is 87.0 Å². The summed E-state index contributed by atoms with van der Waals surface area (Å²) < 4.78 is 28.3. The minimum atomic E-state index is -3.75. The molecule has 4 atom stereocenters. The van der Waals surface area contributed by atoms with Crippen molar-refractivity contribution in [2.75, 3.05) is 26.2 Å². The second kappa shape index (κ2) is 11.2. The Labute approximate surface area is 229 Å². The Morgan fingerprint density at radius 1 is 0.973 bits per heavy atom. The van der Waals surface area contributed by atoms with Crippen LogP contribution in [0.3, 0.4) is 0 Å². The van der Waals surface area contributed by atoms with Gasteiger partial charge in [-0.2, -0.15) is 4.31 Å². The van der Waals surface area contributed by atoms with Crippen LogP contribution in [0, 0.1) is 0 Å². The Morgan fingerprint density at radius 3 is 2.51 bits per heavy atom. The van der Waals surface area contributed by atoms with Crippen LogP contribution >= 0.6 is 23.2 Å². The molecule has 10 heteroatoms. The maximum absolute atomic E-state index is 13.8. The molecule has 3 fully saturated rings. The molecular formula is C27H34Cl2N4O3S. The van der Waals surface area contributed by atoms with E-state index in [-0.39, 0.29) is 46.5 Å². The van der Waals surface area contributed by atoms with Crippen molar-refractivity contribution >= 4 is 39.1 Å². The van der Waals surface area contributed by atoms with Crippen LogP contribution in [0.15, 0.2) is 53.4 Å². The first-order valence-corrected chi connectivity index (χ1v) is 15.2. The summed E-state index contributed by atoms with van der Waals surface area (Å²) in [6.45, 7) is 2.06. The second-order valence-electron chi connectivity index (χ2n) is 10.4. The van der Waals surface area contributed by atoms with Gasteiger partial charge in [0.15, 0.2) is 0 Å². The summed E-state index contributed by atoms with van der Waals surface area (Å²) in [7, 11) is -3.75. The van der Waals surface area contributed by atoms with Crippen LogP contribution in [-0.4, -0.2) is 78.8 Å². The number of nitrogens with zero attached hydrogens (tertiary/aromatic N) is 3. The third-order valence-corrected chi connectivity index (χ3v) is 10.7. The molecule has 2 N–H and O–H groups in total. The smallest absolute Gasteiger partial charge is 0.243 e. The van der Waals surface area contributed by atoms with E-state index in [9.17, 15) is 13.2 Å². The number of carbonyl (C=O) groups excluding carboxylic acids is 1. The number of aryl methyl sites for hydroxylation is 1. The summed E-state index contributed by atoms with van der Waals surface area (Å²) in [6, 6.07) is 14.7. The molecule has 3 saturated heterocycles. The predicted molar refractivity (Wildman–Crippen MR) is 146 cm³/mol. The van der Waals surface area contributed by atoms with Crippen LogP contribution < -0.4 is 5.73 Å². The molecule has 3 aliphatic heterocycles. The Bertz CT molecular complexity index is 1230. The molecule has 0 bridgehead atoms. The highest BCUT2D eigenvalue weighted by atomic mass is 35.5. The van der Waals surface area contributed by atoms with Crippen molar-refractivity contribution in [3.63, 3.8) is 0 Å². The summed E-state index contributed by atoms with van der Waals surface area (Å²) >= 11 is 12.1. The van der Waals surface area contributed by atoms with Crippen molar-refractivity contribution in [1.29, 1.82) is 0 Å². The van der Waals surface area contributed by atoms with Crippen LogP contribution in [0.5, 0.6) is 0 Å². The zero-order valence-electron chi connectivity index (χ0n) is 20.8. The standard InChI is InChI=1S/C27H34Cl2N4O3S/c28-24-11-10-23(16-25(24)29)37(35,36)31-13-4-7-22(18-31)32-14-12-21(9-8-19-5-2-1-3-6-19)33-17-20(30)15-26(33)27(32)34/h1-3,5-6,10-11,16,20-22,26H,4,7-9,12-15,17-18,30H2/t20-,21?,22-,26+/m1/s1. The van der Waals surface area contributed by atoms with E-state index in [1.54, 1.807) is 0 Å². The van der Waals surface area contributed by atoms with Crippen molar-refractivity contribution in [2.24, 2.45) is 5.73 Å². The van der Waals surface area contributed by atoms with Gasteiger partial charge in [0.1, 0.15) is 0 Å². The summed E-state index contributed by atoms with van der Waals surface area (Å²) in [5.74, 6) is 0.0916. The maximum atomic E-state index is 13.8. The van der Waals surface area contributed by atoms with E-state index in [4.69, 9.17) is 28.9 Å². The fourth-order valence-electron chi connectivity index (χ4n) is 6.13. The van der Waals surface area contributed by atoms with E-state index < -0.39 is 10.0 Å². The largest absolute Gasteiger partial charge is 0.337 e. The van der Waals surface area contributed by atoms with Gasteiger partial charge in [-0.15, -0.1) is 0 Å². The molecule has 0 aromatic heterocycles. The SMILES string of the molecule is N[C@@H]1C[C@H]2C(=O)N([C@@H]3CCCN(S(=O)(=O)c4ccc(Cl)c(Cl)c4)C3)CCC(CCc3ccccc3)N2C1. The van der Waals surface area contributed by atoms with Gasteiger partial charge < -0.3 is 10.6 Å². The summed E-state index contributed by atoms with van der Waals surface area (Å²) in [5, 5.41) is 0.520. The summed E-state index contributed by atoms with van der Waals surface area (Å²) in [6.07, 6.45) is 4.91. The molecule has 7 nitrogen and oxygen atoms in total. The van der Waals surface area contributed by atoms with Gasteiger partial charge in [-0.25, -0.2) is 8.42 Å². The number of rotatable bonds is 6. The van der Waals surface area contributed by atoms with E-state index in [1.165, 1.54) is 28.1 Å². The lowest BCUT2D eigenvalue weighted by molar-refractivity contribution is -0.137. The molecule has 5 rings (SSSR count). The van der Waals surface area contributed by atoms with Gasteiger partial charge in [0, 0.05) is 44.3 Å². The number of nitrogens with two attached hydrogens (primary N) is 1. The van der Waals surface area contributed by atoms with E-state index >= 15 is 0 Å². The van der Waals surface area contributed by atoms with E-state index in [0.717, 1.165) is 32.2 Å². The molecule has 3 heterocycles. The first kappa shape index (κ1) is 26.9. The Kier molecular flexibility index (Phi) is 8.15. The highest BCUT2D eigenvalue weighted by molar-refractivity contribution is 7.89. The van der Waals surface area contributed by atoms with Crippen molar-refractivity contribution < 1.29 is 13.2 Å². The lowest BCUT2D eigenvalue weighted by atomic mass is 10.0. The number of fused-ring (bicyclic) bond motifs is 1. The quantitative estimate of drug-likeness (QED) is 0.576. The molecule has 0 spiro atoms. The van der Waals surface area contributed by atoms with Crippen LogP contribution in [0.25, 0.3) is 0 Å². The first-order chi connectivity index (χ1) is 17.7. The third-order valence-electron chi connectivity index (χ3n) is 8.05. The number of amides is 1. The molecule has 0 saturated carbocycles. The zero-order valence-corrected chi connectivity index (χ0v) is 23.1. The Balaban J connectivity index is 1.32. The van der Waals surface area contributed by atoms with Gasteiger partial charge in [-0.3, -0.25) is 9.69 Å². The number of hydrogen-bond donors (Lipinski definition) is 1. The summed E-state index contributed by atoms with van der Waals surface area (Å²) in [4.78, 5) is 18.2.